The first-order chi connectivity index (χ1) is 9.20. The number of methoxy groups -OCH3 is 1. The van der Waals surface area contributed by atoms with E-state index in [0.29, 0.717) is 12.8 Å². The van der Waals surface area contributed by atoms with Gasteiger partial charge in [-0.05, 0) is 35.6 Å². The predicted octanol–water partition coefficient (Wildman–Crippen LogP) is 3.45. The highest BCUT2D eigenvalue weighted by Crippen LogP contribution is 2.22. The van der Waals surface area contributed by atoms with Gasteiger partial charge in [-0.2, -0.15) is 0 Å². The Kier molecular flexibility index (Phi) is 4.71. The van der Waals surface area contributed by atoms with Crippen LogP contribution in [0.25, 0.3) is 0 Å². The van der Waals surface area contributed by atoms with E-state index in [1.165, 1.54) is 11.3 Å². The zero-order chi connectivity index (χ0) is 13.7. The minimum atomic E-state index is -0.616. The summed E-state index contributed by atoms with van der Waals surface area (Å²) < 4.78 is 5.06. The average Bonchev–Trinajstić information content (AvgIpc) is 2.98. The van der Waals surface area contributed by atoms with Crippen molar-refractivity contribution in [1.29, 1.82) is 0 Å². The van der Waals surface area contributed by atoms with Gasteiger partial charge in [0.25, 0.3) is 0 Å². The number of aliphatic hydroxyl groups excluding tert-OH is 1. The first kappa shape index (κ1) is 13.8. The fourth-order valence-corrected chi connectivity index (χ4v) is 2.52. The number of rotatable bonds is 6. The number of aliphatic hydroxyl groups is 1. The van der Waals surface area contributed by atoms with Crippen LogP contribution in [0.2, 0.25) is 0 Å². The molecule has 3 nitrogen and oxygen atoms in total. The number of thiophene rings is 1. The lowest BCUT2D eigenvalue weighted by atomic mass is 10.0. The molecule has 2 rings (SSSR count). The molecule has 0 amide bonds. The molecule has 0 fully saturated rings. The molecule has 4 heteroatoms. The van der Waals surface area contributed by atoms with E-state index in [9.17, 15) is 9.90 Å². The summed E-state index contributed by atoms with van der Waals surface area (Å²) in [6, 6.07) is 10.9. The van der Waals surface area contributed by atoms with E-state index in [0.717, 1.165) is 16.2 Å². The molecule has 0 aliphatic carbocycles. The van der Waals surface area contributed by atoms with E-state index in [4.69, 9.17) is 4.74 Å². The Balaban J connectivity index is 1.90. The first-order valence-corrected chi connectivity index (χ1v) is 6.97. The molecule has 1 unspecified atom stereocenters. The third-order valence-electron chi connectivity index (χ3n) is 2.94. The van der Waals surface area contributed by atoms with Crippen molar-refractivity contribution >= 4 is 17.1 Å². The number of hydrogen-bond donors (Lipinski definition) is 1. The maximum Gasteiger partial charge on any atom is 0.172 e. The SMILES string of the molecule is COc1ccc(C(O)CCC(=O)c2cccs2)cc1. The molecule has 1 heterocycles. The van der Waals surface area contributed by atoms with Crippen molar-refractivity contribution in [3.05, 3.63) is 52.2 Å². The molecule has 0 aliphatic heterocycles. The van der Waals surface area contributed by atoms with Gasteiger partial charge in [-0.3, -0.25) is 4.79 Å². The minimum absolute atomic E-state index is 0.0857. The minimum Gasteiger partial charge on any atom is -0.497 e. The number of hydrogen-bond acceptors (Lipinski definition) is 4. The maximum absolute atomic E-state index is 11.8. The van der Waals surface area contributed by atoms with Gasteiger partial charge in [-0.1, -0.05) is 18.2 Å². The molecule has 1 aromatic carbocycles. The van der Waals surface area contributed by atoms with Gasteiger partial charge in [0.05, 0.1) is 18.1 Å². The number of carbonyl (C=O) groups is 1. The average molecular weight is 276 g/mol. The summed E-state index contributed by atoms with van der Waals surface area (Å²) in [7, 11) is 1.60. The molecule has 1 N–H and O–H groups in total. The van der Waals surface area contributed by atoms with Gasteiger partial charge < -0.3 is 9.84 Å². The number of benzene rings is 1. The smallest absolute Gasteiger partial charge is 0.172 e. The summed E-state index contributed by atoms with van der Waals surface area (Å²) in [5.74, 6) is 0.841. The maximum atomic E-state index is 11.8. The second-order valence-electron chi connectivity index (χ2n) is 4.23. The molecular weight excluding hydrogens is 260 g/mol. The molecule has 0 saturated carbocycles. The monoisotopic (exact) mass is 276 g/mol. The lowest BCUT2D eigenvalue weighted by Gasteiger charge is -2.10. The third kappa shape index (κ3) is 3.66. The molecule has 0 aliphatic rings. The second kappa shape index (κ2) is 6.50. The van der Waals surface area contributed by atoms with Crippen LogP contribution in [-0.2, 0) is 0 Å². The van der Waals surface area contributed by atoms with Crippen LogP contribution >= 0.6 is 11.3 Å². The van der Waals surface area contributed by atoms with E-state index in [-0.39, 0.29) is 5.78 Å². The van der Waals surface area contributed by atoms with Crippen molar-refractivity contribution in [3.8, 4) is 5.75 Å². The summed E-state index contributed by atoms with van der Waals surface area (Å²) in [6.07, 6.45) is 0.173. The van der Waals surface area contributed by atoms with Crippen LogP contribution in [0.15, 0.2) is 41.8 Å². The van der Waals surface area contributed by atoms with Gasteiger partial charge in [0.15, 0.2) is 5.78 Å². The van der Waals surface area contributed by atoms with Crippen molar-refractivity contribution in [2.75, 3.05) is 7.11 Å². The largest absolute Gasteiger partial charge is 0.497 e. The zero-order valence-electron chi connectivity index (χ0n) is 10.7. The van der Waals surface area contributed by atoms with E-state index < -0.39 is 6.10 Å². The molecule has 0 spiro atoms. The Morgan fingerprint density at radius 2 is 2.05 bits per heavy atom. The van der Waals surface area contributed by atoms with Crippen molar-refractivity contribution in [2.24, 2.45) is 0 Å². The van der Waals surface area contributed by atoms with Crippen molar-refractivity contribution in [2.45, 2.75) is 18.9 Å². The van der Waals surface area contributed by atoms with E-state index in [1.54, 1.807) is 19.2 Å². The van der Waals surface area contributed by atoms with Gasteiger partial charge in [0.1, 0.15) is 5.75 Å². The second-order valence-corrected chi connectivity index (χ2v) is 5.18. The third-order valence-corrected chi connectivity index (χ3v) is 3.85. The Labute approximate surface area is 116 Å². The van der Waals surface area contributed by atoms with Crippen molar-refractivity contribution < 1.29 is 14.6 Å². The number of ketones is 1. The van der Waals surface area contributed by atoms with Crippen LogP contribution in [0, 0.1) is 0 Å². The zero-order valence-corrected chi connectivity index (χ0v) is 11.5. The first-order valence-electron chi connectivity index (χ1n) is 6.09. The van der Waals surface area contributed by atoms with Crippen molar-refractivity contribution in [3.63, 3.8) is 0 Å². The highest BCUT2D eigenvalue weighted by atomic mass is 32.1. The Hall–Kier alpha value is -1.65. The van der Waals surface area contributed by atoms with Gasteiger partial charge >= 0.3 is 0 Å². The number of Topliss-reactive ketones (excluding diaryl/α,β-unsaturated/α-hetero) is 1. The highest BCUT2D eigenvalue weighted by Gasteiger charge is 2.12. The van der Waals surface area contributed by atoms with Crippen LogP contribution in [-0.4, -0.2) is 18.0 Å². The summed E-state index contributed by atoms with van der Waals surface area (Å²) in [5, 5.41) is 11.9. The van der Waals surface area contributed by atoms with Crippen LogP contribution < -0.4 is 4.74 Å². The van der Waals surface area contributed by atoms with Crippen LogP contribution in [0.3, 0.4) is 0 Å². The highest BCUT2D eigenvalue weighted by molar-refractivity contribution is 7.12. The topological polar surface area (TPSA) is 46.5 Å². The predicted molar refractivity (Wildman–Crippen MR) is 75.8 cm³/mol. The summed E-state index contributed by atoms with van der Waals surface area (Å²) >= 11 is 1.44. The quantitative estimate of drug-likeness (QED) is 0.822. The normalized spacial score (nSPS) is 12.1. The van der Waals surface area contributed by atoms with E-state index in [1.807, 2.05) is 29.6 Å². The molecular formula is C15H16O3S. The van der Waals surface area contributed by atoms with Gasteiger partial charge in [-0.15, -0.1) is 11.3 Å². The molecule has 0 saturated heterocycles. The van der Waals surface area contributed by atoms with Crippen LogP contribution in [0.5, 0.6) is 5.75 Å². The lowest BCUT2D eigenvalue weighted by Crippen LogP contribution is -2.02. The van der Waals surface area contributed by atoms with E-state index in [2.05, 4.69) is 0 Å². The van der Waals surface area contributed by atoms with E-state index >= 15 is 0 Å². The fourth-order valence-electron chi connectivity index (χ4n) is 1.82. The Morgan fingerprint density at radius 1 is 1.32 bits per heavy atom. The summed E-state index contributed by atoms with van der Waals surface area (Å²) in [5.41, 5.74) is 0.805. The number of carbonyl (C=O) groups excluding carboxylic acids is 1. The van der Waals surface area contributed by atoms with Crippen LogP contribution in [0.4, 0.5) is 0 Å². The molecule has 1 aromatic heterocycles. The molecule has 100 valence electrons. The van der Waals surface area contributed by atoms with Crippen molar-refractivity contribution in [1.82, 2.24) is 0 Å². The number of ether oxygens (including phenoxy) is 1. The standard InChI is InChI=1S/C15H16O3S/c1-18-12-6-4-11(5-7-12)13(16)8-9-14(17)15-3-2-10-19-15/h2-7,10,13,16H,8-9H2,1H3. The van der Waals surface area contributed by atoms with Gasteiger partial charge in [-0.25, -0.2) is 0 Å². The molecule has 0 radical (unpaired) electrons. The van der Waals surface area contributed by atoms with Gasteiger partial charge in [0, 0.05) is 6.42 Å². The molecule has 2 aromatic rings. The Bertz CT molecular complexity index is 517. The Morgan fingerprint density at radius 3 is 2.63 bits per heavy atom. The summed E-state index contributed by atoms with van der Waals surface area (Å²) in [6.45, 7) is 0. The molecule has 1 atom stereocenters. The molecule has 0 bridgehead atoms. The van der Waals surface area contributed by atoms with Gasteiger partial charge in [0.2, 0.25) is 0 Å². The lowest BCUT2D eigenvalue weighted by molar-refractivity contribution is 0.0944. The fraction of sp³-hybridized carbons (Fsp3) is 0.267. The summed E-state index contributed by atoms with van der Waals surface area (Å²) in [4.78, 5) is 12.6. The molecule has 19 heavy (non-hydrogen) atoms. The van der Waals surface area contributed by atoms with Crippen LogP contribution in [0.1, 0.15) is 34.2 Å².